The van der Waals surface area contributed by atoms with E-state index in [9.17, 15) is 9.59 Å². The Hall–Kier alpha value is -1.90. The quantitative estimate of drug-likeness (QED) is 0.669. The Kier molecular flexibility index (Phi) is 5.17. The number of nitrogens with one attached hydrogen (secondary N) is 2. The zero-order chi connectivity index (χ0) is 17.0. The maximum absolute atomic E-state index is 12.3. The molecule has 0 spiro atoms. The van der Waals surface area contributed by atoms with E-state index in [2.05, 4.69) is 26.8 Å². The molecule has 2 fully saturated rings. The smallest absolute Gasteiger partial charge is 0.223 e. The molecule has 6 heteroatoms. The van der Waals surface area contributed by atoms with E-state index in [1.54, 1.807) is 0 Å². The van der Waals surface area contributed by atoms with Crippen LogP contribution in [0.1, 0.15) is 57.8 Å². The van der Waals surface area contributed by atoms with Gasteiger partial charge in [-0.15, -0.1) is 12.3 Å². The average Bonchev–Trinajstić information content (AvgIpc) is 3.48. The monoisotopic (exact) mass is 330 g/mol. The normalized spacial score (nSPS) is 27.1. The van der Waals surface area contributed by atoms with E-state index >= 15 is 0 Å². The molecule has 1 aliphatic heterocycles. The molecule has 0 saturated heterocycles. The number of nitrogens with zero attached hydrogens (tertiary/aromatic N) is 2. The van der Waals surface area contributed by atoms with Crippen LogP contribution in [-0.2, 0) is 9.59 Å². The van der Waals surface area contributed by atoms with Crippen molar-refractivity contribution >= 4 is 11.8 Å². The third kappa shape index (κ3) is 4.56. The molecule has 0 aromatic heterocycles. The Morgan fingerprint density at radius 3 is 2.21 bits per heavy atom. The number of amides is 2. The molecule has 0 unspecified atom stereocenters. The summed E-state index contributed by atoms with van der Waals surface area (Å²) in [5.74, 6) is 3.25. The van der Waals surface area contributed by atoms with Gasteiger partial charge in [-0.1, -0.05) is 0 Å². The Bertz CT molecular complexity index is 548. The average molecular weight is 330 g/mol. The van der Waals surface area contributed by atoms with Crippen LogP contribution in [0.2, 0.25) is 0 Å². The van der Waals surface area contributed by atoms with Crippen LogP contribution in [0.15, 0.2) is 10.2 Å². The zero-order valence-electron chi connectivity index (χ0n) is 14.1. The van der Waals surface area contributed by atoms with Crippen molar-refractivity contribution in [3.63, 3.8) is 0 Å². The molecule has 0 atom stereocenters. The molecule has 2 amide bonds. The maximum atomic E-state index is 12.3. The first-order valence-corrected chi connectivity index (χ1v) is 9.07. The highest BCUT2D eigenvalue weighted by atomic mass is 16.2. The van der Waals surface area contributed by atoms with Crippen LogP contribution >= 0.6 is 0 Å². The first-order chi connectivity index (χ1) is 11.6. The summed E-state index contributed by atoms with van der Waals surface area (Å²) < 4.78 is 0. The van der Waals surface area contributed by atoms with Gasteiger partial charge >= 0.3 is 0 Å². The summed E-state index contributed by atoms with van der Waals surface area (Å²) in [4.78, 5) is 24.1. The molecule has 0 aromatic rings. The largest absolute Gasteiger partial charge is 0.356 e. The molecule has 0 aromatic carbocycles. The number of rotatable bonds is 8. The lowest BCUT2D eigenvalue weighted by Gasteiger charge is -2.28. The third-order valence-corrected chi connectivity index (χ3v) is 5.27. The molecule has 0 bridgehead atoms. The topological polar surface area (TPSA) is 82.9 Å². The van der Waals surface area contributed by atoms with Gasteiger partial charge in [0.1, 0.15) is 0 Å². The zero-order valence-corrected chi connectivity index (χ0v) is 14.1. The summed E-state index contributed by atoms with van der Waals surface area (Å²) in [6.07, 6.45) is 13.0. The number of carbonyl (C=O) groups excluding carboxylic acids is 2. The minimum absolute atomic E-state index is 0.0637. The van der Waals surface area contributed by atoms with Crippen LogP contribution in [0.4, 0.5) is 0 Å². The number of terminal acetylenes is 1. The predicted octanol–water partition coefficient (Wildman–Crippen LogP) is 2.15. The molecule has 24 heavy (non-hydrogen) atoms. The summed E-state index contributed by atoms with van der Waals surface area (Å²) in [6, 6.07) is 0.248. The van der Waals surface area contributed by atoms with Gasteiger partial charge in [-0.3, -0.25) is 9.59 Å². The van der Waals surface area contributed by atoms with Crippen LogP contribution in [0.5, 0.6) is 0 Å². The van der Waals surface area contributed by atoms with Crippen molar-refractivity contribution in [3.05, 3.63) is 0 Å². The summed E-state index contributed by atoms with van der Waals surface area (Å²) in [7, 11) is 0. The molecule has 6 nitrogen and oxygen atoms in total. The van der Waals surface area contributed by atoms with Crippen LogP contribution in [-0.4, -0.2) is 30.1 Å². The lowest BCUT2D eigenvalue weighted by molar-refractivity contribution is -0.126. The molecule has 2 aliphatic carbocycles. The van der Waals surface area contributed by atoms with Gasteiger partial charge in [0, 0.05) is 43.7 Å². The van der Waals surface area contributed by atoms with E-state index in [1.807, 2.05) is 0 Å². The molecule has 2 N–H and O–H groups in total. The van der Waals surface area contributed by atoms with Crippen LogP contribution < -0.4 is 10.6 Å². The molecule has 130 valence electrons. The lowest BCUT2D eigenvalue weighted by atomic mass is 9.85. The van der Waals surface area contributed by atoms with Gasteiger partial charge in [0.25, 0.3) is 0 Å². The first kappa shape index (κ1) is 16.9. The fraction of sp³-hybridized carbons (Fsp3) is 0.778. The Morgan fingerprint density at radius 2 is 1.62 bits per heavy atom. The van der Waals surface area contributed by atoms with E-state index in [0.29, 0.717) is 13.0 Å². The second-order valence-corrected chi connectivity index (χ2v) is 7.26. The number of hydrogen-bond donors (Lipinski definition) is 2. The highest BCUT2D eigenvalue weighted by Gasteiger charge is 2.39. The minimum atomic E-state index is -0.329. The van der Waals surface area contributed by atoms with Gasteiger partial charge in [-0.25, -0.2) is 0 Å². The second kappa shape index (κ2) is 7.33. The Labute approximate surface area is 143 Å². The summed E-state index contributed by atoms with van der Waals surface area (Å²) in [5, 5.41) is 14.3. The molecule has 0 radical (unpaired) electrons. The molecule has 2 saturated carbocycles. The van der Waals surface area contributed by atoms with Crippen LogP contribution in [0, 0.1) is 24.2 Å². The van der Waals surface area contributed by atoms with Crippen molar-refractivity contribution in [2.75, 3.05) is 6.54 Å². The minimum Gasteiger partial charge on any atom is -0.356 e. The summed E-state index contributed by atoms with van der Waals surface area (Å²) in [5.41, 5.74) is -0.329. The number of carbonyl (C=O) groups is 2. The predicted molar refractivity (Wildman–Crippen MR) is 89.9 cm³/mol. The van der Waals surface area contributed by atoms with Gasteiger partial charge in [0.05, 0.1) is 0 Å². The van der Waals surface area contributed by atoms with Crippen molar-refractivity contribution in [1.29, 1.82) is 0 Å². The molecule has 3 aliphatic rings. The van der Waals surface area contributed by atoms with Crippen molar-refractivity contribution in [2.45, 2.75) is 69.5 Å². The van der Waals surface area contributed by atoms with Crippen molar-refractivity contribution < 1.29 is 9.59 Å². The van der Waals surface area contributed by atoms with E-state index in [0.717, 1.165) is 51.4 Å². The van der Waals surface area contributed by atoms with Crippen LogP contribution in [0.25, 0.3) is 0 Å². The van der Waals surface area contributed by atoms with Crippen molar-refractivity contribution in [1.82, 2.24) is 10.6 Å². The van der Waals surface area contributed by atoms with E-state index in [1.165, 1.54) is 0 Å². The number of hydrogen-bond acceptors (Lipinski definition) is 4. The lowest BCUT2D eigenvalue weighted by Crippen LogP contribution is -2.41. The Balaban J connectivity index is 1.30. The molecule has 1 heterocycles. The first-order valence-electron chi connectivity index (χ1n) is 9.07. The van der Waals surface area contributed by atoms with Gasteiger partial charge in [-0.2, -0.15) is 10.2 Å². The van der Waals surface area contributed by atoms with E-state index in [4.69, 9.17) is 6.42 Å². The standard InChI is InChI=1S/C18H26N4O2/c1-2-3-10-18(21-22-18)11-12-19-16(23)13-6-8-15(9-7-13)20-17(24)14-4-5-14/h1,13-15H,3-12H2,(H,19,23)(H,20,24). The fourth-order valence-electron chi connectivity index (χ4n) is 3.36. The fourth-order valence-corrected chi connectivity index (χ4v) is 3.36. The van der Waals surface area contributed by atoms with Crippen molar-refractivity contribution in [3.8, 4) is 12.3 Å². The SMILES string of the molecule is C#CCCC1(CCNC(=O)C2CCC(NC(=O)C3CC3)CC2)N=N1. The third-order valence-electron chi connectivity index (χ3n) is 5.27. The van der Waals surface area contributed by atoms with Gasteiger partial charge in [0.15, 0.2) is 5.66 Å². The molecule has 3 rings (SSSR count). The van der Waals surface area contributed by atoms with Gasteiger partial charge in [0.2, 0.25) is 11.8 Å². The molecular formula is C18H26N4O2. The van der Waals surface area contributed by atoms with Crippen molar-refractivity contribution in [2.24, 2.45) is 22.1 Å². The second-order valence-electron chi connectivity index (χ2n) is 7.26. The van der Waals surface area contributed by atoms with E-state index < -0.39 is 0 Å². The Morgan fingerprint density at radius 1 is 1.00 bits per heavy atom. The molecular weight excluding hydrogens is 304 g/mol. The highest BCUT2D eigenvalue weighted by Crippen LogP contribution is 2.36. The summed E-state index contributed by atoms with van der Waals surface area (Å²) in [6.45, 7) is 0.592. The van der Waals surface area contributed by atoms with Gasteiger partial charge in [-0.05, 0) is 38.5 Å². The van der Waals surface area contributed by atoms with E-state index in [-0.39, 0.29) is 35.4 Å². The maximum Gasteiger partial charge on any atom is 0.223 e. The summed E-state index contributed by atoms with van der Waals surface area (Å²) >= 11 is 0. The highest BCUT2D eigenvalue weighted by molar-refractivity contribution is 5.81. The van der Waals surface area contributed by atoms with Gasteiger partial charge < -0.3 is 10.6 Å². The van der Waals surface area contributed by atoms with Crippen LogP contribution in [0.3, 0.4) is 0 Å².